The van der Waals surface area contributed by atoms with Gasteiger partial charge >= 0.3 is 0 Å². The third-order valence-corrected chi connectivity index (χ3v) is 5.69. The molecule has 1 fully saturated rings. The van der Waals surface area contributed by atoms with Crippen LogP contribution in [0.15, 0.2) is 47.4 Å². The smallest absolute Gasteiger partial charge is 0.253 e. The number of carbonyl (C=O) groups is 1. The normalized spacial score (nSPS) is 14.4. The van der Waals surface area contributed by atoms with Crippen LogP contribution in [0.2, 0.25) is 5.02 Å². The van der Waals surface area contributed by atoms with Gasteiger partial charge < -0.3 is 9.64 Å². The number of rotatable bonds is 5. The van der Waals surface area contributed by atoms with Gasteiger partial charge in [0.2, 0.25) is 0 Å². The number of piperidine rings is 1. The molecule has 132 valence electrons. The van der Waals surface area contributed by atoms with Crippen LogP contribution in [-0.4, -0.2) is 31.0 Å². The Bertz CT molecular complexity index is 727. The fourth-order valence-electron chi connectivity index (χ4n) is 3.00. The molecule has 0 bridgehead atoms. The Morgan fingerprint density at radius 3 is 2.52 bits per heavy atom. The predicted molar refractivity (Wildman–Crippen MR) is 104 cm³/mol. The molecule has 0 aliphatic carbocycles. The minimum Gasteiger partial charge on any atom is -0.496 e. The molecule has 25 heavy (non-hydrogen) atoms. The van der Waals surface area contributed by atoms with Gasteiger partial charge in [-0.25, -0.2) is 0 Å². The summed E-state index contributed by atoms with van der Waals surface area (Å²) in [5, 5.41) is 0.732. The van der Waals surface area contributed by atoms with E-state index in [1.165, 1.54) is 6.42 Å². The first-order valence-corrected chi connectivity index (χ1v) is 9.88. The lowest BCUT2D eigenvalue weighted by atomic mass is 10.1. The molecule has 3 rings (SSSR count). The molecule has 0 radical (unpaired) electrons. The second-order valence-electron chi connectivity index (χ2n) is 6.12. The van der Waals surface area contributed by atoms with Gasteiger partial charge in [0.25, 0.3) is 5.91 Å². The first-order valence-electron chi connectivity index (χ1n) is 8.52. The van der Waals surface area contributed by atoms with E-state index in [4.69, 9.17) is 16.3 Å². The Morgan fingerprint density at radius 1 is 1.12 bits per heavy atom. The molecule has 1 heterocycles. The highest BCUT2D eigenvalue weighted by atomic mass is 35.5. The summed E-state index contributed by atoms with van der Waals surface area (Å²) in [6, 6.07) is 13.5. The van der Waals surface area contributed by atoms with Crippen LogP contribution in [0.5, 0.6) is 5.75 Å². The summed E-state index contributed by atoms with van der Waals surface area (Å²) in [6.07, 6.45) is 3.41. The Balaban J connectivity index is 1.75. The lowest BCUT2D eigenvalue weighted by Gasteiger charge is -2.27. The molecule has 1 aliphatic rings. The number of benzene rings is 2. The number of nitrogens with zero attached hydrogens (tertiary/aromatic N) is 1. The van der Waals surface area contributed by atoms with Crippen LogP contribution < -0.4 is 4.74 Å². The fourth-order valence-corrected chi connectivity index (χ4v) is 4.00. The van der Waals surface area contributed by atoms with Gasteiger partial charge in [-0.1, -0.05) is 11.6 Å². The van der Waals surface area contributed by atoms with Crippen molar-refractivity contribution in [2.75, 3.05) is 20.2 Å². The van der Waals surface area contributed by atoms with Gasteiger partial charge in [0.15, 0.2) is 0 Å². The van der Waals surface area contributed by atoms with E-state index in [0.717, 1.165) is 58.5 Å². The number of hydrogen-bond donors (Lipinski definition) is 0. The molecule has 0 N–H and O–H groups in total. The van der Waals surface area contributed by atoms with E-state index in [1.807, 2.05) is 47.4 Å². The number of amides is 1. The number of carbonyl (C=O) groups excluding carboxylic acids is 1. The Kier molecular flexibility index (Phi) is 6.27. The van der Waals surface area contributed by atoms with Gasteiger partial charge in [-0.05, 0) is 61.7 Å². The molecule has 1 saturated heterocycles. The second kappa shape index (κ2) is 8.63. The standard InChI is InChI=1S/C20H22ClNO2S/c1-24-19-10-5-15(20(23)22-11-3-2-4-12-22)13-16(19)14-25-18-8-6-17(21)7-9-18/h5-10,13H,2-4,11-12,14H2,1H3. The largest absolute Gasteiger partial charge is 0.496 e. The SMILES string of the molecule is COc1ccc(C(=O)N2CCCCC2)cc1CSc1ccc(Cl)cc1. The predicted octanol–water partition coefficient (Wildman–Crippen LogP) is 5.27. The van der Waals surface area contributed by atoms with Crippen LogP contribution in [0.4, 0.5) is 0 Å². The number of methoxy groups -OCH3 is 1. The maximum atomic E-state index is 12.7. The quantitative estimate of drug-likeness (QED) is 0.667. The average molecular weight is 376 g/mol. The number of likely N-dealkylation sites (tertiary alicyclic amines) is 1. The summed E-state index contributed by atoms with van der Waals surface area (Å²) in [7, 11) is 1.66. The molecular weight excluding hydrogens is 354 g/mol. The van der Waals surface area contributed by atoms with Crippen molar-refractivity contribution < 1.29 is 9.53 Å². The van der Waals surface area contributed by atoms with E-state index >= 15 is 0 Å². The number of halogens is 1. The third kappa shape index (κ3) is 4.71. The first kappa shape index (κ1) is 18.2. The molecule has 0 aromatic heterocycles. The van der Waals surface area contributed by atoms with Gasteiger partial charge in [0, 0.05) is 39.9 Å². The summed E-state index contributed by atoms with van der Waals surface area (Å²) in [4.78, 5) is 15.8. The molecule has 1 aliphatic heterocycles. The maximum Gasteiger partial charge on any atom is 0.253 e. The van der Waals surface area contributed by atoms with Crippen molar-refractivity contribution in [3.05, 3.63) is 58.6 Å². The van der Waals surface area contributed by atoms with Gasteiger partial charge in [-0.2, -0.15) is 0 Å². The second-order valence-corrected chi connectivity index (χ2v) is 7.61. The minimum absolute atomic E-state index is 0.125. The molecule has 3 nitrogen and oxygen atoms in total. The molecule has 5 heteroatoms. The lowest BCUT2D eigenvalue weighted by Crippen LogP contribution is -2.35. The molecule has 2 aromatic carbocycles. The first-order chi connectivity index (χ1) is 12.2. The maximum absolute atomic E-state index is 12.7. The van der Waals surface area contributed by atoms with E-state index in [9.17, 15) is 4.79 Å². The Hall–Kier alpha value is -1.65. The van der Waals surface area contributed by atoms with Crippen molar-refractivity contribution in [3.63, 3.8) is 0 Å². The molecule has 0 atom stereocenters. The van der Waals surface area contributed by atoms with Crippen molar-refractivity contribution in [1.82, 2.24) is 4.90 Å². The van der Waals surface area contributed by atoms with Gasteiger partial charge in [0.05, 0.1) is 7.11 Å². The van der Waals surface area contributed by atoms with Gasteiger partial charge in [-0.3, -0.25) is 4.79 Å². The van der Waals surface area contributed by atoms with Crippen LogP contribution in [0.3, 0.4) is 0 Å². The fraction of sp³-hybridized carbons (Fsp3) is 0.350. The molecule has 2 aromatic rings. The summed E-state index contributed by atoms with van der Waals surface area (Å²) in [6.45, 7) is 1.72. The number of hydrogen-bond acceptors (Lipinski definition) is 3. The van der Waals surface area contributed by atoms with Crippen molar-refractivity contribution in [2.45, 2.75) is 29.9 Å². The third-order valence-electron chi connectivity index (χ3n) is 4.38. The summed E-state index contributed by atoms with van der Waals surface area (Å²) in [5.41, 5.74) is 1.78. The molecule has 0 spiro atoms. The van der Waals surface area contributed by atoms with Crippen LogP contribution >= 0.6 is 23.4 Å². The zero-order valence-corrected chi connectivity index (χ0v) is 15.9. The van der Waals surface area contributed by atoms with E-state index in [-0.39, 0.29) is 5.91 Å². The van der Waals surface area contributed by atoms with Crippen molar-refractivity contribution in [2.24, 2.45) is 0 Å². The van der Waals surface area contributed by atoms with Crippen molar-refractivity contribution in [3.8, 4) is 5.75 Å². The molecular formula is C20H22ClNO2S. The minimum atomic E-state index is 0.125. The number of thioether (sulfide) groups is 1. The van der Waals surface area contributed by atoms with Gasteiger partial charge in [-0.15, -0.1) is 11.8 Å². The van der Waals surface area contributed by atoms with Gasteiger partial charge in [0.1, 0.15) is 5.75 Å². The van der Waals surface area contributed by atoms with Crippen LogP contribution in [0, 0.1) is 0 Å². The van der Waals surface area contributed by atoms with E-state index in [0.29, 0.717) is 0 Å². The monoisotopic (exact) mass is 375 g/mol. The Morgan fingerprint density at radius 2 is 1.84 bits per heavy atom. The van der Waals surface area contributed by atoms with E-state index < -0.39 is 0 Å². The van der Waals surface area contributed by atoms with E-state index in [2.05, 4.69) is 0 Å². The lowest BCUT2D eigenvalue weighted by molar-refractivity contribution is 0.0724. The summed E-state index contributed by atoms with van der Waals surface area (Å²) in [5.74, 6) is 1.68. The molecule has 0 saturated carbocycles. The Labute approximate surface area is 158 Å². The van der Waals surface area contributed by atoms with Crippen LogP contribution in [-0.2, 0) is 5.75 Å². The zero-order chi connectivity index (χ0) is 17.6. The number of ether oxygens (including phenoxy) is 1. The average Bonchev–Trinajstić information content (AvgIpc) is 2.67. The molecule has 0 unspecified atom stereocenters. The van der Waals surface area contributed by atoms with Crippen LogP contribution in [0.25, 0.3) is 0 Å². The van der Waals surface area contributed by atoms with Crippen LogP contribution in [0.1, 0.15) is 35.2 Å². The van der Waals surface area contributed by atoms with E-state index in [1.54, 1.807) is 18.9 Å². The topological polar surface area (TPSA) is 29.5 Å². The van der Waals surface area contributed by atoms with Crippen molar-refractivity contribution >= 4 is 29.3 Å². The summed E-state index contributed by atoms with van der Waals surface area (Å²) >= 11 is 7.64. The summed E-state index contributed by atoms with van der Waals surface area (Å²) < 4.78 is 5.47. The highest BCUT2D eigenvalue weighted by Gasteiger charge is 2.19. The highest BCUT2D eigenvalue weighted by Crippen LogP contribution is 2.30. The molecule has 1 amide bonds. The highest BCUT2D eigenvalue weighted by molar-refractivity contribution is 7.98. The van der Waals surface area contributed by atoms with Crippen molar-refractivity contribution in [1.29, 1.82) is 0 Å². The zero-order valence-electron chi connectivity index (χ0n) is 14.3.